The Morgan fingerprint density at radius 2 is 2.00 bits per heavy atom. The van der Waals surface area contributed by atoms with E-state index in [9.17, 15) is 9.59 Å². The number of hydrogen-bond acceptors (Lipinski definition) is 2. The minimum atomic E-state index is -0.244. The van der Waals surface area contributed by atoms with E-state index in [0.29, 0.717) is 11.1 Å². The molecule has 1 aromatic carbocycles. The van der Waals surface area contributed by atoms with Gasteiger partial charge in [-0.05, 0) is 24.6 Å². The Kier molecular flexibility index (Phi) is 3.13. The van der Waals surface area contributed by atoms with Crippen molar-refractivity contribution >= 4 is 16.8 Å². The zero-order chi connectivity index (χ0) is 12.4. The van der Waals surface area contributed by atoms with Crippen molar-refractivity contribution < 1.29 is 4.79 Å². The van der Waals surface area contributed by atoms with Gasteiger partial charge < -0.3 is 9.97 Å². The van der Waals surface area contributed by atoms with Gasteiger partial charge in [0, 0.05) is 11.5 Å². The number of hydrogen-bond donors (Lipinski definition) is 2. The summed E-state index contributed by atoms with van der Waals surface area (Å²) in [5.74, 6) is 0.166. The largest absolute Gasteiger partial charge is 0.323 e. The van der Waals surface area contributed by atoms with Crippen LogP contribution in [0.4, 0.5) is 0 Å². The highest BCUT2D eigenvalue weighted by molar-refractivity contribution is 6.00. The highest BCUT2D eigenvalue weighted by Crippen LogP contribution is 2.16. The lowest BCUT2D eigenvalue weighted by Gasteiger charge is -2.08. The van der Waals surface area contributed by atoms with Gasteiger partial charge in [-0.3, -0.25) is 4.79 Å². The summed E-state index contributed by atoms with van der Waals surface area (Å²) in [6.45, 7) is 4.01. The third-order valence-corrected chi connectivity index (χ3v) is 2.97. The maximum absolute atomic E-state index is 12.1. The Hall–Kier alpha value is -1.84. The van der Waals surface area contributed by atoms with Gasteiger partial charge in [-0.25, -0.2) is 4.79 Å². The minimum Gasteiger partial charge on any atom is -0.306 e. The molecule has 4 nitrogen and oxygen atoms in total. The molecule has 2 N–H and O–H groups in total. The fourth-order valence-corrected chi connectivity index (χ4v) is 2.03. The first kappa shape index (κ1) is 11.6. The summed E-state index contributed by atoms with van der Waals surface area (Å²) in [7, 11) is 0. The number of carbonyl (C=O) groups excluding carboxylic acids is 1. The SMILES string of the molecule is CCCC(C)C(=O)c1ccc2[nH]c(=O)[nH]c2c1. The molecule has 0 bridgehead atoms. The summed E-state index contributed by atoms with van der Waals surface area (Å²) in [6, 6.07) is 5.27. The topological polar surface area (TPSA) is 65.7 Å². The van der Waals surface area contributed by atoms with E-state index in [-0.39, 0.29) is 17.4 Å². The number of fused-ring (bicyclic) bond motifs is 1. The molecular formula is C13H16N2O2. The van der Waals surface area contributed by atoms with Gasteiger partial charge in [0.05, 0.1) is 11.0 Å². The number of carbonyl (C=O) groups is 1. The molecule has 2 rings (SSSR count). The molecule has 90 valence electrons. The average Bonchev–Trinajstić information content (AvgIpc) is 2.67. The fourth-order valence-electron chi connectivity index (χ4n) is 2.03. The van der Waals surface area contributed by atoms with Gasteiger partial charge in [0.15, 0.2) is 5.78 Å². The first-order chi connectivity index (χ1) is 8.11. The second kappa shape index (κ2) is 4.57. The number of imidazole rings is 1. The van der Waals surface area contributed by atoms with E-state index in [1.165, 1.54) is 0 Å². The van der Waals surface area contributed by atoms with Crippen molar-refractivity contribution in [2.75, 3.05) is 0 Å². The predicted molar refractivity (Wildman–Crippen MR) is 67.3 cm³/mol. The number of nitrogens with one attached hydrogen (secondary N) is 2. The Labute approximate surface area is 99.1 Å². The van der Waals surface area contributed by atoms with Crippen LogP contribution in [-0.4, -0.2) is 15.8 Å². The summed E-state index contributed by atoms with van der Waals surface area (Å²) in [6.07, 6.45) is 1.89. The molecule has 0 aliphatic carbocycles. The molecule has 1 heterocycles. The maximum atomic E-state index is 12.1. The molecule has 0 aliphatic rings. The number of Topliss-reactive ketones (excluding diaryl/α,β-unsaturated/α-hetero) is 1. The molecule has 0 saturated carbocycles. The number of aromatic nitrogens is 2. The van der Waals surface area contributed by atoms with Crippen LogP contribution in [0, 0.1) is 5.92 Å². The molecule has 0 aliphatic heterocycles. The van der Waals surface area contributed by atoms with Crippen LogP contribution in [-0.2, 0) is 0 Å². The van der Waals surface area contributed by atoms with Crippen molar-refractivity contribution in [2.24, 2.45) is 5.92 Å². The molecule has 17 heavy (non-hydrogen) atoms. The van der Waals surface area contributed by atoms with E-state index in [2.05, 4.69) is 16.9 Å². The summed E-state index contributed by atoms with van der Waals surface area (Å²) in [5, 5.41) is 0. The Morgan fingerprint density at radius 3 is 2.71 bits per heavy atom. The molecule has 0 radical (unpaired) electrons. The standard InChI is InChI=1S/C13H16N2O2/c1-3-4-8(2)12(16)9-5-6-10-11(7-9)15-13(17)14-10/h5-8H,3-4H2,1-2H3,(H2,14,15,17). The van der Waals surface area contributed by atoms with Crippen molar-refractivity contribution in [1.29, 1.82) is 0 Å². The van der Waals surface area contributed by atoms with Crippen molar-refractivity contribution in [2.45, 2.75) is 26.7 Å². The van der Waals surface area contributed by atoms with E-state index in [1.54, 1.807) is 18.2 Å². The molecule has 0 fully saturated rings. The third kappa shape index (κ3) is 2.30. The second-order valence-corrected chi connectivity index (χ2v) is 4.39. The lowest BCUT2D eigenvalue weighted by atomic mass is 9.95. The molecule has 1 unspecified atom stereocenters. The molecule has 1 atom stereocenters. The van der Waals surface area contributed by atoms with Crippen molar-refractivity contribution in [3.8, 4) is 0 Å². The number of ketones is 1. The predicted octanol–water partition coefficient (Wildman–Crippen LogP) is 2.48. The van der Waals surface area contributed by atoms with Gasteiger partial charge in [-0.1, -0.05) is 20.3 Å². The van der Waals surface area contributed by atoms with Crippen LogP contribution in [0.25, 0.3) is 11.0 Å². The number of aromatic amines is 2. The van der Waals surface area contributed by atoms with E-state index < -0.39 is 0 Å². The van der Waals surface area contributed by atoms with Gasteiger partial charge >= 0.3 is 5.69 Å². The zero-order valence-electron chi connectivity index (χ0n) is 10.0. The van der Waals surface area contributed by atoms with Crippen LogP contribution < -0.4 is 5.69 Å². The van der Waals surface area contributed by atoms with Crippen LogP contribution in [0.2, 0.25) is 0 Å². The van der Waals surface area contributed by atoms with E-state index in [4.69, 9.17) is 0 Å². The summed E-state index contributed by atoms with van der Waals surface area (Å²) < 4.78 is 0. The van der Waals surface area contributed by atoms with Crippen molar-refractivity contribution in [3.05, 3.63) is 34.2 Å². The fraction of sp³-hybridized carbons (Fsp3) is 0.385. The molecule has 4 heteroatoms. The monoisotopic (exact) mass is 232 g/mol. The summed E-state index contributed by atoms with van der Waals surface area (Å²) in [4.78, 5) is 28.5. The lowest BCUT2D eigenvalue weighted by molar-refractivity contribution is 0.0923. The first-order valence-electron chi connectivity index (χ1n) is 5.88. The second-order valence-electron chi connectivity index (χ2n) is 4.39. The summed E-state index contributed by atoms with van der Waals surface area (Å²) in [5.41, 5.74) is 1.83. The first-order valence-corrected chi connectivity index (χ1v) is 5.88. The molecule has 1 aromatic heterocycles. The molecule has 2 aromatic rings. The van der Waals surface area contributed by atoms with Gasteiger partial charge in [-0.15, -0.1) is 0 Å². The van der Waals surface area contributed by atoms with Crippen LogP contribution in [0.3, 0.4) is 0 Å². The molecule has 0 spiro atoms. The zero-order valence-corrected chi connectivity index (χ0v) is 10.0. The van der Waals surface area contributed by atoms with E-state index in [1.807, 2.05) is 6.92 Å². The van der Waals surface area contributed by atoms with Gasteiger partial charge in [0.25, 0.3) is 0 Å². The Balaban J connectivity index is 2.35. The maximum Gasteiger partial charge on any atom is 0.323 e. The summed E-state index contributed by atoms with van der Waals surface area (Å²) >= 11 is 0. The van der Waals surface area contributed by atoms with Gasteiger partial charge in [0.2, 0.25) is 0 Å². The lowest BCUT2D eigenvalue weighted by Crippen LogP contribution is -2.10. The minimum absolute atomic E-state index is 0.0307. The molecular weight excluding hydrogens is 216 g/mol. The Morgan fingerprint density at radius 1 is 1.29 bits per heavy atom. The van der Waals surface area contributed by atoms with Crippen LogP contribution in [0.15, 0.2) is 23.0 Å². The average molecular weight is 232 g/mol. The number of H-pyrrole nitrogens is 2. The van der Waals surface area contributed by atoms with E-state index in [0.717, 1.165) is 18.4 Å². The van der Waals surface area contributed by atoms with E-state index >= 15 is 0 Å². The highest BCUT2D eigenvalue weighted by atomic mass is 16.1. The Bertz CT molecular complexity index is 595. The van der Waals surface area contributed by atoms with Crippen molar-refractivity contribution in [1.82, 2.24) is 9.97 Å². The number of benzene rings is 1. The quantitative estimate of drug-likeness (QED) is 0.795. The molecule has 0 saturated heterocycles. The number of rotatable bonds is 4. The van der Waals surface area contributed by atoms with Gasteiger partial charge in [0.1, 0.15) is 0 Å². The molecule has 0 amide bonds. The van der Waals surface area contributed by atoms with Crippen LogP contribution in [0.1, 0.15) is 37.0 Å². The smallest absolute Gasteiger partial charge is 0.306 e. The van der Waals surface area contributed by atoms with Gasteiger partial charge in [-0.2, -0.15) is 0 Å². The third-order valence-electron chi connectivity index (χ3n) is 2.97. The van der Waals surface area contributed by atoms with Crippen LogP contribution in [0.5, 0.6) is 0 Å². The van der Waals surface area contributed by atoms with Crippen molar-refractivity contribution in [3.63, 3.8) is 0 Å². The van der Waals surface area contributed by atoms with Crippen LogP contribution >= 0.6 is 0 Å². The highest BCUT2D eigenvalue weighted by Gasteiger charge is 2.14. The normalized spacial score (nSPS) is 12.8.